The highest BCUT2D eigenvalue weighted by molar-refractivity contribution is 7.10. The third-order valence-electron chi connectivity index (χ3n) is 3.03. The van der Waals surface area contributed by atoms with Crippen molar-refractivity contribution in [2.75, 3.05) is 14.2 Å². The molecule has 1 aromatic carbocycles. The maximum atomic E-state index is 5.31. The van der Waals surface area contributed by atoms with Gasteiger partial charge in [-0.3, -0.25) is 0 Å². The number of thiophene rings is 1. The lowest BCUT2D eigenvalue weighted by Crippen LogP contribution is -2.17. The summed E-state index contributed by atoms with van der Waals surface area (Å²) in [6.45, 7) is 2.98. The summed E-state index contributed by atoms with van der Waals surface area (Å²) in [5, 5.41) is 5.61. The quantitative estimate of drug-likeness (QED) is 0.875. The molecule has 3 nitrogen and oxygen atoms in total. The van der Waals surface area contributed by atoms with Crippen LogP contribution in [0, 0.1) is 0 Å². The Hall–Kier alpha value is -1.52. The average molecular weight is 277 g/mol. The van der Waals surface area contributed by atoms with Crippen LogP contribution in [0.25, 0.3) is 0 Å². The Morgan fingerprint density at radius 2 is 1.95 bits per heavy atom. The number of hydrogen-bond donors (Lipinski definition) is 1. The van der Waals surface area contributed by atoms with E-state index in [0.717, 1.165) is 18.0 Å². The largest absolute Gasteiger partial charge is 0.493 e. The van der Waals surface area contributed by atoms with E-state index in [1.165, 1.54) is 10.4 Å². The summed E-state index contributed by atoms with van der Waals surface area (Å²) in [6.07, 6.45) is 0. The lowest BCUT2D eigenvalue weighted by atomic mass is 10.2. The third-order valence-corrected chi connectivity index (χ3v) is 4.09. The highest BCUT2D eigenvalue weighted by atomic mass is 32.1. The number of methoxy groups -OCH3 is 2. The van der Waals surface area contributed by atoms with Crippen molar-refractivity contribution in [3.63, 3.8) is 0 Å². The second-order valence-electron chi connectivity index (χ2n) is 4.31. The fraction of sp³-hybridized carbons (Fsp3) is 0.333. The van der Waals surface area contributed by atoms with Crippen molar-refractivity contribution in [2.45, 2.75) is 19.5 Å². The zero-order valence-electron chi connectivity index (χ0n) is 11.5. The molecule has 19 heavy (non-hydrogen) atoms. The molecule has 0 bridgehead atoms. The van der Waals surface area contributed by atoms with Crippen molar-refractivity contribution in [3.05, 3.63) is 46.2 Å². The minimum absolute atomic E-state index is 0.355. The van der Waals surface area contributed by atoms with Crippen molar-refractivity contribution < 1.29 is 9.47 Å². The van der Waals surface area contributed by atoms with Crippen molar-refractivity contribution in [1.82, 2.24) is 5.32 Å². The Labute approximate surface area is 118 Å². The molecule has 1 unspecified atom stereocenters. The number of rotatable bonds is 6. The second kappa shape index (κ2) is 6.59. The molecule has 0 amide bonds. The van der Waals surface area contributed by atoms with E-state index < -0.39 is 0 Å². The van der Waals surface area contributed by atoms with Crippen LogP contribution in [0.1, 0.15) is 23.4 Å². The van der Waals surface area contributed by atoms with Gasteiger partial charge < -0.3 is 14.8 Å². The van der Waals surface area contributed by atoms with Gasteiger partial charge in [0.1, 0.15) is 0 Å². The minimum atomic E-state index is 0.355. The first-order chi connectivity index (χ1) is 9.24. The lowest BCUT2D eigenvalue weighted by Gasteiger charge is -2.14. The van der Waals surface area contributed by atoms with Crippen LogP contribution in [-0.4, -0.2) is 14.2 Å². The summed E-state index contributed by atoms with van der Waals surface area (Å²) < 4.78 is 10.5. The molecule has 1 N–H and O–H groups in total. The Bertz CT molecular complexity index is 511. The van der Waals surface area contributed by atoms with Crippen LogP contribution in [-0.2, 0) is 6.54 Å². The van der Waals surface area contributed by atoms with Gasteiger partial charge in [-0.2, -0.15) is 0 Å². The van der Waals surface area contributed by atoms with E-state index in [1.54, 1.807) is 25.6 Å². The Balaban J connectivity index is 1.99. The van der Waals surface area contributed by atoms with E-state index in [-0.39, 0.29) is 0 Å². The number of hydrogen-bond acceptors (Lipinski definition) is 4. The molecular formula is C15H19NO2S. The summed E-state index contributed by atoms with van der Waals surface area (Å²) in [6, 6.07) is 10.6. The zero-order valence-corrected chi connectivity index (χ0v) is 12.3. The van der Waals surface area contributed by atoms with Crippen molar-refractivity contribution in [3.8, 4) is 11.5 Å². The minimum Gasteiger partial charge on any atom is -0.493 e. The fourth-order valence-corrected chi connectivity index (χ4v) is 2.66. The third kappa shape index (κ3) is 3.49. The van der Waals surface area contributed by atoms with Gasteiger partial charge in [0.15, 0.2) is 11.5 Å². The summed E-state index contributed by atoms with van der Waals surface area (Å²) in [4.78, 5) is 1.35. The van der Waals surface area contributed by atoms with Crippen LogP contribution in [0.3, 0.4) is 0 Å². The van der Waals surface area contributed by atoms with Crippen LogP contribution in [0.15, 0.2) is 35.7 Å². The van der Waals surface area contributed by atoms with Crippen molar-refractivity contribution in [1.29, 1.82) is 0 Å². The molecule has 2 aromatic rings. The molecule has 102 valence electrons. The topological polar surface area (TPSA) is 30.5 Å². The van der Waals surface area contributed by atoms with Crippen LogP contribution in [0.2, 0.25) is 0 Å². The predicted molar refractivity (Wildman–Crippen MR) is 79.1 cm³/mol. The van der Waals surface area contributed by atoms with Crippen molar-refractivity contribution >= 4 is 11.3 Å². The maximum absolute atomic E-state index is 5.31. The molecule has 0 saturated carbocycles. The molecule has 0 aliphatic carbocycles. The van der Waals surface area contributed by atoms with Gasteiger partial charge in [-0.25, -0.2) is 0 Å². The van der Waals surface area contributed by atoms with Crippen LogP contribution < -0.4 is 14.8 Å². The Morgan fingerprint density at radius 3 is 2.58 bits per heavy atom. The van der Waals surface area contributed by atoms with Gasteiger partial charge in [-0.1, -0.05) is 12.1 Å². The van der Waals surface area contributed by atoms with Gasteiger partial charge >= 0.3 is 0 Å². The first-order valence-electron chi connectivity index (χ1n) is 6.22. The van der Waals surface area contributed by atoms with E-state index in [9.17, 15) is 0 Å². The van der Waals surface area contributed by atoms with Crippen LogP contribution in [0.4, 0.5) is 0 Å². The predicted octanol–water partition coefficient (Wildman–Crippen LogP) is 3.62. The molecule has 0 radical (unpaired) electrons. The molecule has 0 spiro atoms. The van der Waals surface area contributed by atoms with E-state index in [2.05, 4.69) is 35.8 Å². The molecule has 1 aromatic heterocycles. The van der Waals surface area contributed by atoms with Crippen LogP contribution >= 0.6 is 11.3 Å². The summed E-state index contributed by atoms with van der Waals surface area (Å²) in [7, 11) is 3.30. The monoisotopic (exact) mass is 277 g/mol. The van der Waals surface area contributed by atoms with Crippen molar-refractivity contribution in [2.24, 2.45) is 0 Å². The summed E-state index contributed by atoms with van der Waals surface area (Å²) in [5.41, 5.74) is 1.18. The zero-order chi connectivity index (χ0) is 13.7. The highest BCUT2D eigenvalue weighted by Crippen LogP contribution is 2.28. The standard InChI is InChI=1S/C15H19NO2S/c1-11(15-5-4-8-19-15)16-10-12-6-7-13(17-2)14(9-12)18-3/h4-9,11,16H,10H2,1-3H3. The van der Waals surface area contributed by atoms with E-state index >= 15 is 0 Å². The smallest absolute Gasteiger partial charge is 0.161 e. The van der Waals surface area contributed by atoms with Gasteiger partial charge in [0.25, 0.3) is 0 Å². The molecular weight excluding hydrogens is 258 g/mol. The van der Waals surface area contributed by atoms with Gasteiger partial charge in [0.2, 0.25) is 0 Å². The first kappa shape index (κ1) is 13.9. The van der Waals surface area contributed by atoms with Gasteiger partial charge in [0.05, 0.1) is 14.2 Å². The molecule has 0 fully saturated rings. The van der Waals surface area contributed by atoms with E-state index in [1.807, 2.05) is 12.1 Å². The molecule has 2 rings (SSSR count). The SMILES string of the molecule is COc1ccc(CNC(C)c2cccs2)cc1OC. The van der Waals surface area contributed by atoms with Gasteiger partial charge in [-0.15, -0.1) is 11.3 Å². The summed E-state index contributed by atoms with van der Waals surface area (Å²) >= 11 is 1.77. The number of benzene rings is 1. The van der Waals surface area contributed by atoms with E-state index in [4.69, 9.17) is 9.47 Å². The normalized spacial score (nSPS) is 12.2. The Kier molecular flexibility index (Phi) is 4.82. The fourth-order valence-electron chi connectivity index (χ4n) is 1.90. The van der Waals surface area contributed by atoms with Gasteiger partial charge in [-0.05, 0) is 36.1 Å². The lowest BCUT2D eigenvalue weighted by molar-refractivity contribution is 0.354. The molecule has 1 atom stereocenters. The summed E-state index contributed by atoms with van der Waals surface area (Å²) in [5.74, 6) is 1.53. The molecule has 1 heterocycles. The van der Waals surface area contributed by atoms with Crippen LogP contribution in [0.5, 0.6) is 11.5 Å². The van der Waals surface area contributed by atoms with E-state index in [0.29, 0.717) is 6.04 Å². The molecule has 0 saturated heterocycles. The number of ether oxygens (including phenoxy) is 2. The number of nitrogens with one attached hydrogen (secondary N) is 1. The second-order valence-corrected chi connectivity index (χ2v) is 5.29. The highest BCUT2D eigenvalue weighted by Gasteiger charge is 2.08. The molecule has 4 heteroatoms. The maximum Gasteiger partial charge on any atom is 0.161 e. The molecule has 0 aliphatic heterocycles. The van der Waals surface area contributed by atoms with Gasteiger partial charge in [0, 0.05) is 17.5 Å². The average Bonchev–Trinajstić information content (AvgIpc) is 2.98. The Morgan fingerprint density at radius 1 is 1.16 bits per heavy atom. The first-order valence-corrected chi connectivity index (χ1v) is 7.10. The molecule has 0 aliphatic rings.